The zero-order chi connectivity index (χ0) is 19.1. The molecule has 3 aliphatic rings. The fourth-order valence-corrected chi connectivity index (χ4v) is 5.30. The van der Waals surface area contributed by atoms with Crippen LogP contribution in [0.2, 0.25) is 0 Å². The molecule has 2 atom stereocenters. The Labute approximate surface area is 155 Å². The monoisotopic (exact) mass is 383 g/mol. The molecule has 1 N–H and O–H groups in total. The van der Waals surface area contributed by atoms with Crippen molar-refractivity contribution in [3.8, 4) is 0 Å². The van der Waals surface area contributed by atoms with Crippen molar-refractivity contribution < 1.29 is 13.2 Å². The molecule has 1 aromatic rings. The number of nitrogens with one attached hydrogen (secondary N) is 1. The van der Waals surface area contributed by atoms with Gasteiger partial charge in [-0.15, -0.1) is 0 Å². The fourth-order valence-electron chi connectivity index (χ4n) is 4.08. The fraction of sp³-hybridized carbons (Fsp3) is 0.765. The number of H-pyrrole nitrogens is 1. The van der Waals surface area contributed by atoms with E-state index in [9.17, 15) is 13.2 Å². The molecule has 8 nitrogen and oxygen atoms in total. The highest BCUT2D eigenvalue weighted by atomic mass is 32.2. The number of amides is 1. The largest absolute Gasteiger partial charge is 0.338 e. The lowest BCUT2D eigenvalue weighted by Gasteiger charge is -2.36. The van der Waals surface area contributed by atoms with Crippen LogP contribution in [0.25, 0.3) is 0 Å². The van der Waals surface area contributed by atoms with Gasteiger partial charge in [-0.05, 0) is 44.6 Å². The molecule has 3 fully saturated rings. The quantitative estimate of drug-likeness (QED) is 0.810. The predicted molar refractivity (Wildman–Crippen MR) is 98.8 cm³/mol. The van der Waals surface area contributed by atoms with Crippen molar-refractivity contribution in [1.29, 1.82) is 0 Å². The molecule has 3 aliphatic heterocycles. The van der Waals surface area contributed by atoms with Gasteiger partial charge in [0.15, 0.2) is 0 Å². The molecule has 146 valence electrons. The number of carbonyl (C=O) groups is 1. The van der Waals surface area contributed by atoms with E-state index in [1.54, 1.807) is 18.4 Å². The Bertz CT molecular complexity index is 754. The van der Waals surface area contributed by atoms with E-state index in [2.05, 4.69) is 10.2 Å². The highest BCUT2D eigenvalue weighted by Gasteiger charge is 2.41. The topological polar surface area (TPSA) is 89.6 Å². The van der Waals surface area contributed by atoms with E-state index < -0.39 is 10.2 Å². The van der Waals surface area contributed by atoms with E-state index >= 15 is 0 Å². The Kier molecular flexibility index (Phi) is 5.41. The van der Waals surface area contributed by atoms with Gasteiger partial charge in [-0.3, -0.25) is 9.89 Å². The molecule has 0 saturated carbocycles. The average Bonchev–Trinajstić information content (AvgIpc) is 2.79. The first-order valence-corrected chi connectivity index (χ1v) is 10.6. The van der Waals surface area contributed by atoms with Crippen LogP contribution in [-0.4, -0.2) is 77.8 Å². The van der Waals surface area contributed by atoms with Crippen LogP contribution in [0.5, 0.6) is 0 Å². The maximum absolute atomic E-state index is 12.9. The van der Waals surface area contributed by atoms with E-state index in [4.69, 9.17) is 0 Å². The first kappa shape index (κ1) is 19.3. The van der Waals surface area contributed by atoms with Gasteiger partial charge in [0.25, 0.3) is 10.2 Å². The summed E-state index contributed by atoms with van der Waals surface area (Å²) in [6, 6.07) is -0.0254. The molecule has 0 radical (unpaired) electrons. The Morgan fingerprint density at radius 1 is 1.23 bits per heavy atom. The van der Waals surface area contributed by atoms with Crippen molar-refractivity contribution >= 4 is 16.1 Å². The van der Waals surface area contributed by atoms with Gasteiger partial charge in [0.1, 0.15) is 0 Å². The van der Waals surface area contributed by atoms with E-state index in [1.165, 1.54) is 4.31 Å². The van der Waals surface area contributed by atoms with Crippen molar-refractivity contribution in [1.82, 2.24) is 23.7 Å². The molecule has 1 aromatic heterocycles. The Balaban J connectivity index is 1.69. The van der Waals surface area contributed by atoms with Crippen LogP contribution in [0.3, 0.4) is 0 Å². The number of fused-ring (bicyclic) bond motifs is 4. The summed E-state index contributed by atoms with van der Waals surface area (Å²) in [5.41, 5.74) is 3.06. The number of hydrogen-bond donors (Lipinski definition) is 1. The normalized spacial score (nSPS) is 24.3. The number of aromatic amines is 1. The van der Waals surface area contributed by atoms with Gasteiger partial charge in [0, 0.05) is 51.9 Å². The number of nitrogens with zero attached hydrogens (tertiary/aromatic N) is 4. The van der Waals surface area contributed by atoms with Crippen LogP contribution < -0.4 is 0 Å². The van der Waals surface area contributed by atoms with Crippen LogP contribution in [0, 0.1) is 19.8 Å². The van der Waals surface area contributed by atoms with Gasteiger partial charge >= 0.3 is 0 Å². The molecular formula is C17H29N5O3S. The summed E-state index contributed by atoms with van der Waals surface area (Å²) in [5, 5.41) is 7.14. The summed E-state index contributed by atoms with van der Waals surface area (Å²) < 4.78 is 27.9. The summed E-state index contributed by atoms with van der Waals surface area (Å²) in [6.45, 7) is 5.47. The number of piperidine rings is 1. The van der Waals surface area contributed by atoms with Crippen LogP contribution in [0.1, 0.15) is 36.2 Å². The van der Waals surface area contributed by atoms with Crippen molar-refractivity contribution in [2.75, 3.05) is 33.7 Å². The molecule has 1 amide bonds. The summed E-state index contributed by atoms with van der Waals surface area (Å²) in [6.07, 6.45) is 2.96. The number of aromatic nitrogens is 2. The smallest absolute Gasteiger partial charge is 0.281 e. The Morgan fingerprint density at radius 3 is 2.58 bits per heavy atom. The van der Waals surface area contributed by atoms with Crippen molar-refractivity contribution in [2.24, 2.45) is 5.92 Å². The number of carbonyl (C=O) groups excluding carboxylic acids is 1. The van der Waals surface area contributed by atoms with Crippen LogP contribution >= 0.6 is 0 Å². The van der Waals surface area contributed by atoms with Crippen LogP contribution in [0.15, 0.2) is 0 Å². The highest BCUT2D eigenvalue weighted by Crippen LogP contribution is 2.30. The minimum atomic E-state index is -3.44. The summed E-state index contributed by atoms with van der Waals surface area (Å²) in [5.74, 6) is 0.327. The van der Waals surface area contributed by atoms with Crippen molar-refractivity contribution in [3.05, 3.63) is 17.0 Å². The molecule has 4 heterocycles. The summed E-state index contributed by atoms with van der Waals surface area (Å²) >= 11 is 0. The zero-order valence-corrected chi connectivity index (χ0v) is 16.8. The van der Waals surface area contributed by atoms with Crippen molar-refractivity contribution in [3.63, 3.8) is 0 Å². The third-order valence-electron chi connectivity index (χ3n) is 5.66. The second kappa shape index (κ2) is 7.28. The number of aryl methyl sites for hydroxylation is 2. The van der Waals surface area contributed by atoms with Gasteiger partial charge in [-0.25, -0.2) is 0 Å². The lowest BCUT2D eigenvalue weighted by Crippen LogP contribution is -2.48. The van der Waals surface area contributed by atoms with Crippen LogP contribution in [0.4, 0.5) is 0 Å². The predicted octanol–water partition coefficient (Wildman–Crippen LogP) is 0.688. The molecule has 4 rings (SSSR count). The maximum atomic E-state index is 12.9. The van der Waals surface area contributed by atoms with Crippen LogP contribution in [-0.2, 0) is 21.4 Å². The molecule has 3 saturated heterocycles. The SMILES string of the molecule is Cc1n[nH]c(C)c1CCC(=O)N1C[C@@H]2CC[C@H]1CN(S(=O)(=O)N(C)C)C2. The van der Waals surface area contributed by atoms with Gasteiger partial charge in [-0.1, -0.05) is 0 Å². The Hall–Kier alpha value is -1.45. The second-order valence-corrected chi connectivity index (χ2v) is 9.81. The van der Waals surface area contributed by atoms with Gasteiger partial charge < -0.3 is 4.90 Å². The van der Waals surface area contributed by atoms with E-state index in [0.717, 1.165) is 29.8 Å². The molecule has 0 aliphatic carbocycles. The minimum Gasteiger partial charge on any atom is -0.338 e. The van der Waals surface area contributed by atoms with Gasteiger partial charge in [0.05, 0.1) is 5.69 Å². The summed E-state index contributed by atoms with van der Waals surface area (Å²) in [7, 11) is -0.329. The molecule has 26 heavy (non-hydrogen) atoms. The number of hydrogen-bond acceptors (Lipinski definition) is 4. The van der Waals surface area contributed by atoms with E-state index in [-0.39, 0.29) is 17.9 Å². The molecule has 0 unspecified atom stereocenters. The Morgan fingerprint density at radius 2 is 1.96 bits per heavy atom. The molecule has 0 aromatic carbocycles. The molecule has 0 spiro atoms. The first-order chi connectivity index (χ1) is 12.2. The standard InChI is InChI=1S/C17H29N5O3S/c1-12-16(13(2)19-18-12)7-8-17(23)22-10-14-5-6-15(22)11-21(9-14)26(24,25)20(3)4/h14-15H,5-11H2,1-4H3,(H,18,19)/t14-,15+/m1/s1. The maximum Gasteiger partial charge on any atom is 0.281 e. The molecule has 9 heteroatoms. The zero-order valence-electron chi connectivity index (χ0n) is 16.0. The third kappa shape index (κ3) is 3.65. The van der Waals surface area contributed by atoms with E-state index in [1.807, 2.05) is 18.7 Å². The average molecular weight is 384 g/mol. The van der Waals surface area contributed by atoms with Gasteiger partial charge in [-0.2, -0.15) is 22.1 Å². The second-order valence-electron chi connectivity index (χ2n) is 7.66. The third-order valence-corrected chi connectivity index (χ3v) is 7.53. The minimum absolute atomic E-state index is 0.0254. The number of rotatable bonds is 5. The first-order valence-electron chi connectivity index (χ1n) is 9.17. The van der Waals surface area contributed by atoms with E-state index in [0.29, 0.717) is 32.5 Å². The van der Waals surface area contributed by atoms with Gasteiger partial charge in [0.2, 0.25) is 5.91 Å². The lowest BCUT2D eigenvalue weighted by molar-refractivity contribution is -0.135. The molecule has 2 bridgehead atoms. The molecular weight excluding hydrogens is 354 g/mol. The summed E-state index contributed by atoms with van der Waals surface area (Å²) in [4.78, 5) is 14.8. The highest BCUT2D eigenvalue weighted by molar-refractivity contribution is 7.86. The van der Waals surface area contributed by atoms with Crippen molar-refractivity contribution in [2.45, 2.75) is 45.6 Å². The lowest BCUT2D eigenvalue weighted by atomic mass is 9.94.